The van der Waals surface area contributed by atoms with Crippen LogP contribution in [-0.4, -0.2) is 25.8 Å². The van der Waals surface area contributed by atoms with Gasteiger partial charge in [0.2, 0.25) is 5.95 Å². The van der Waals surface area contributed by atoms with E-state index in [1.165, 1.54) is 24.5 Å². The smallest absolute Gasteiger partial charge is 0.280 e. The van der Waals surface area contributed by atoms with Gasteiger partial charge in [0.25, 0.3) is 5.91 Å². The molecule has 8 nitrogen and oxygen atoms in total. The number of halogens is 2. The zero-order valence-electron chi connectivity index (χ0n) is 16.4. The molecule has 1 N–H and O–H groups in total. The number of nitrogens with one attached hydrogen (secondary N) is 1. The second-order valence-electron chi connectivity index (χ2n) is 6.62. The lowest BCUT2D eigenvalue weighted by Gasteiger charge is -2.06. The van der Waals surface area contributed by atoms with Crippen LogP contribution < -0.4 is 10.1 Å². The summed E-state index contributed by atoms with van der Waals surface area (Å²) in [5.74, 6) is -0.124. The third-order valence-corrected chi connectivity index (χ3v) is 4.80. The number of amides is 1. The van der Waals surface area contributed by atoms with Gasteiger partial charge in [-0.25, -0.2) is 14.1 Å². The van der Waals surface area contributed by atoms with Crippen molar-refractivity contribution in [2.45, 2.75) is 20.1 Å². The van der Waals surface area contributed by atoms with E-state index in [0.29, 0.717) is 28.6 Å². The molecule has 4 aromatic rings. The van der Waals surface area contributed by atoms with Crippen LogP contribution in [0.5, 0.6) is 5.75 Å². The predicted molar refractivity (Wildman–Crippen MR) is 111 cm³/mol. The van der Waals surface area contributed by atoms with Crippen molar-refractivity contribution >= 4 is 23.5 Å². The van der Waals surface area contributed by atoms with Gasteiger partial charge in [0.15, 0.2) is 5.69 Å². The Bertz CT molecular complexity index is 1220. The summed E-state index contributed by atoms with van der Waals surface area (Å²) in [6.45, 7) is 2.04. The van der Waals surface area contributed by atoms with Gasteiger partial charge in [-0.1, -0.05) is 41.0 Å². The molecule has 0 spiro atoms. The minimum atomic E-state index is -0.551. The molecule has 4 rings (SSSR count). The molecule has 10 heteroatoms. The topological polar surface area (TPSA) is 95.1 Å². The summed E-state index contributed by atoms with van der Waals surface area (Å²) in [6.07, 6.45) is 1.49. The molecular weight excluding hydrogens is 425 g/mol. The Kier molecular flexibility index (Phi) is 5.94. The summed E-state index contributed by atoms with van der Waals surface area (Å²) in [5, 5.41) is 11.2. The van der Waals surface area contributed by atoms with Crippen LogP contribution in [0.25, 0.3) is 0 Å². The highest BCUT2D eigenvalue weighted by atomic mass is 35.5. The zero-order valence-corrected chi connectivity index (χ0v) is 17.1. The van der Waals surface area contributed by atoms with Crippen molar-refractivity contribution < 1.29 is 18.4 Å². The molecule has 0 atom stereocenters. The summed E-state index contributed by atoms with van der Waals surface area (Å²) < 4.78 is 25.6. The molecule has 2 heterocycles. The van der Waals surface area contributed by atoms with Crippen LogP contribution >= 0.6 is 11.6 Å². The number of hydrogen-bond donors (Lipinski definition) is 1. The molecule has 0 unspecified atom stereocenters. The number of anilines is 1. The molecule has 0 saturated heterocycles. The minimum absolute atomic E-state index is 0.0179. The van der Waals surface area contributed by atoms with E-state index in [1.807, 2.05) is 18.2 Å². The average molecular weight is 442 g/mol. The highest BCUT2D eigenvalue weighted by Crippen LogP contribution is 2.20. The summed E-state index contributed by atoms with van der Waals surface area (Å²) in [5.41, 5.74) is 1.35. The first-order valence-corrected chi connectivity index (χ1v) is 9.65. The number of aryl methyl sites for hydroxylation is 1. The van der Waals surface area contributed by atoms with Crippen LogP contribution in [0.3, 0.4) is 0 Å². The largest absolute Gasteiger partial charge is 0.489 e. The van der Waals surface area contributed by atoms with Crippen LogP contribution in [0.4, 0.5) is 10.3 Å². The van der Waals surface area contributed by atoms with Crippen molar-refractivity contribution in [3.63, 3.8) is 0 Å². The van der Waals surface area contributed by atoms with E-state index in [0.717, 1.165) is 5.56 Å². The molecule has 1 amide bonds. The van der Waals surface area contributed by atoms with E-state index in [9.17, 15) is 9.18 Å². The van der Waals surface area contributed by atoms with Gasteiger partial charge in [0, 0.05) is 11.1 Å². The Morgan fingerprint density at radius 3 is 2.90 bits per heavy atom. The summed E-state index contributed by atoms with van der Waals surface area (Å²) >= 11 is 6.17. The third-order valence-electron chi connectivity index (χ3n) is 4.43. The van der Waals surface area contributed by atoms with E-state index in [2.05, 4.69) is 20.6 Å². The first-order chi connectivity index (χ1) is 15.0. The second-order valence-corrected chi connectivity index (χ2v) is 7.03. The number of carbonyl (C=O) groups is 1. The first-order valence-electron chi connectivity index (χ1n) is 9.27. The van der Waals surface area contributed by atoms with Crippen molar-refractivity contribution in [2.24, 2.45) is 0 Å². The van der Waals surface area contributed by atoms with Gasteiger partial charge in [-0.05, 0) is 30.7 Å². The van der Waals surface area contributed by atoms with E-state index in [1.54, 1.807) is 23.7 Å². The Balaban J connectivity index is 1.43. The predicted octanol–water partition coefficient (Wildman–Crippen LogP) is 4.25. The Morgan fingerprint density at radius 2 is 2.10 bits per heavy atom. The number of ether oxygens (including phenoxy) is 1. The normalized spacial score (nSPS) is 10.8. The monoisotopic (exact) mass is 441 g/mol. The molecular formula is C21H17ClFN5O3. The first kappa shape index (κ1) is 20.5. The maximum absolute atomic E-state index is 13.3. The Labute approximate surface area is 181 Å². The molecule has 0 aliphatic carbocycles. The molecule has 0 saturated carbocycles. The third kappa shape index (κ3) is 4.89. The fraction of sp³-hybridized carbons (Fsp3) is 0.143. The lowest BCUT2D eigenvalue weighted by Crippen LogP contribution is -2.16. The van der Waals surface area contributed by atoms with Crippen LogP contribution in [0.2, 0.25) is 5.02 Å². The average Bonchev–Trinajstić information content (AvgIpc) is 3.34. The van der Waals surface area contributed by atoms with Crippen molar-refractivity contribution in [1.82, 2.24) is 19.9 Å². The number of carbonyl (C=O) groups excluding carboxylic acids is 1. The van der Waals surface area contributed by atoms with Gasteiger partial charge in [0.1, 0.15) is 30.3 Å². The maximum Gasteiger partial charge on any atom is 0.280 e. The summed E-state index contributed by atoms with van der Waals surface area (Å²) in [4.78, 5) is 16.8. The van der Waals surface area contributed by atoms with Crippen molar-refractivity contribution in [3.8, 4) is 5.75 Å². The van der Waals surface area contributed by atoms with Crippen molar-refractivity contribution in [3.05, 3.63) is 88.3 Å². The fourth-order valence-corrected chi connectivity index (χ4v) is 3.04. The molecule has 2 aromatic heterocycles. The van der Waals surface area contributed by atoms with Gasteiger partial charge >= 0.3 is 0 Å². The number of nitrogens with zero attached hydrogens (tertiary/aromatic N) is 4. The van der Waals surface area contributed by atoms with Gasteiger partial charge < -0.3 is 9.26 Å². The number of benzene rings is 2. The van der Waals surface area contributed by atoms with Crippen LogP contribution in [0, 0.1) is 12.7 Å². The van der Waals surface area contributed by atoms with Gasteiger partial charge in [0.05, 0.1) is 12.1 Å². The highest BCUT2D eigenvalue weighted by molar-refractivity contribution is 6.31. The fourth-order valence-electron chi connectivity index (χ4n) is 2.84. The van der Waals surface area contributed by atoms with Gasteiger partial charge in [-0.2, -0.15) is 0 Å². The quantitative estimate of drug-likeness (QED) is 0.460. The highest BCUT2D eigenvalue weighted by Gasteiger charge is 2.21. The lowest BCUT2D eigenvalue weighted by atomic mass is 10.2. The van der Waals surface area contributed by atoms with E-state index < -0.39 is 11.7 Å². The van der Waals surface area contributed by atoms with Crippen LogP contribution in [0.15, 0.2) is 59.4 Å². The Hall–Kier alpha value is -3.72. The number of aromatic nitrogens is 4. The molecule has 0 aliphatic heterocycles. The SMILES string of the molecule is Cc1onc(C(=O)Nc2ncn(Cc3ccccc3Cl)n2)c1COc1cccc(F)c1. The van der Waals surface area contributed by atoms with Gasteiger partial charge in [-0.3, -0.25) is 10.1 Å². The van der Waals surface area contributed by atoms with Crippen molar-refractivity contribution in [1.29, 1.82) is 0 Å². The van der Waals surface area contributed by atoms with E-state index in [-0.39, 0.29) is 18.2 Å². The number of rotatable bonds is 7. The van der Waals surface area contributed by atoms with Crippen LogP contribution in [-0.2, 0) is 13.2 Å². The molecule has 0 fully saturated rings. The molecule has 0 radical (unpaired) electrons. The van der Waals surface area contributed by atoms with E-state index >= 15 is 0 Å². The second kappa shape index (κ2) is 8.97. The minimum Gasteiger partial charge on any atom is -0.489 e. The zero-order chi connectivity index (χ0) is 21.8. The van der Waals surface area contributed by atoms with E-state index in [4.69, 9.17) is 20.9 Å². The maximum atomic E-state index is 13.3. The number of hydrogen-bond acceptors (Lipinski definition) is 6. The lowest BCUT2D eigenvalue weighted by molar-refractivity contribution is 0.101. The Morgan fingerprint density at radius 1 is 1.26 bits per heavy atom. The summed E-state index contributed by atoms with van der Waals surface area (Å²) in [7, 11) is 0. The molecule has 2 aromatic carbocycles. The van der Waals surface area contributed by atoms with Crippen LogP contribution in [0.1, 0.15) is 27.4 Å². The molecule has 0 bridgehead atoms. The molecule has 0 aliphatic rings. The van der Waals surface area contributed by atoms with Gasteiger partial charge in [-0.15, -0.1) is 5.10 Å². The summed E-state index contributed by atoms with van der Waals surface area (Å²) in [6, 6.07) is 13.1. The molecule has 158 valence electrons. The standard InChI is InChI=1S/C21H17ClFN5O3/c1-13-17(11-30-16-7-4-6-15(23)9-16)19(27-31-13)20(29)25-21-24-12-28(26-21)10-14-5-2-3-8-18(14)22/h2-9,12H,10-11H2,1H3,(H,25,26,29). The molecule has 31 heavy (non-hydrogen) atoms. The van der Waals surface area contributed by atoms with Crippen molar-refractivity contribution in [2.75, 3.05) is 5.32 Å².